The number of carboxylic acid groups (broad SMARTS) is 1. The first kappa shape index (κ1) is 17.4. The third-order valence-electron chi connectivity index (χ3n) is 2.94. The molecule has 0 aromatic heterocycles. The summed E-state index contributed by atoms with van der Waals surface area (Å²) in [6, 6.07) is 0. The van der Waals surface area contributed by atoms with Crippen LogP contribution in [0.2, 0.25) is 0 Å². The van der Waals surface area contributed by atoms with Crippen LogP contribution in [0.5, 0.6) is 0 Å². The van der Waals surface area contributed by atoms with Gasteiger partial charge >= 0.3 is 5.97 Å². The number of rotatable bonds is 13. The Hall–Kier alpha value is -0.610. The first-order chi connectivity index (χ1) is 8.70. The molecule has 0 rings (SSSR count). The lowest BCUT2D eigenvalue weighted by Gasteiger charge is -2.21. The van der Waals surface area contributed by atoms with E-state index in [4.69, 9.17) is 9.84 Å². The van der Waals surface area contributed by atoms with Gasteiger partial charge in [-0.2, -0.15) is 0 Å². The predicted octanol–water partition coefficient (Wildman–Crippen LogP) is 2.77. The van der Waals surface area contributed by atoms with E-state index in [-0.39, 0.29) is 6.42 Å². The van der Waals surface area contributed by atoms with Gasteiger partial charge in [-0.15, -0.1) is 0 Å². The van der Waals surface area contributed by atoms with Crippen molar-refractivity contribution in [3.8, 4) is 0 Å². The zero-order valence-corrected chi connectivity index (χ0v) is 12.0. The van der Waals surface area contributed by atoms with Crippen molar-refractivity contribution in [3.05, 3.63) is 0 Å². The lowest BCUT2D eigenvalue weighted by Crippen LogP contribution is -2.29. The van der Waals surface area contributed by atoms with Crippen molar-refractivity contribution in [2.45, 2.75) is 52.4 Å². The van der Waals surface area contributed by atoms with Gasteiger partial charge in [0, 0.05) is 26.3 Å². The molecule has 0 aliphatic carbocycles. The Bertz CT molecular complexity index is 185. The fourth-order valence-electron chi connectivity index (χ4n) is 1.89. The van der Waals surface area contributed by atoms with Gasteiger partial charge in [-0.3, -0.25) is 4.79 Å². The lowest BCUT2D eigenvalue weighted by atomic mass is 10.2. The highest BCUT2D eigenvalue weighted by atomic mass is 16.5. The highest BCUT2D eigenvalue weighted by Gasteiger charge is 2.07. The molecule has 0 atom stereocenters. The number of aliphatic carboxylic acids is 1. The van der Waals surface area contributed by atoms with Crippen LogP contribution in [-0.4, -0.2) is 48.8 Å². The highest BCUT2D eigenvalue weighted by Crippen LogP contribution is 2.03. The summed E-state index contributed by atoms with van der Waals surface area (Å²) in [5, 5.41) is 8.73. The van der Waals surface area contributed by atoms with E-state index in [9.17, 15) is 4.79 Å². The van der Waals surface area contributed by atoms with E-state index in [1.54, 1.807) is 0 Å². The van der Waals surface area contributed by atoms with Crippen LogP contribution in [0.4, 0.5) is 0 Å². The van der Waals surface area contributed by atoms with Gasteiger partial charge in [0.25, 0.3) is 0 Å². The van der Waals surface area contributed by atoms with Gasteiger partial charge in [0.15, 0.2) is 0 Å². The van der Waals surface area contributed by atoms with Gasteiger partial charge in [-0.05, 0) is 26.3 Å². The van der Waals surface area contributed by atoms with Crippen molar-refractivity contribution >= 4 is 5.97 Å². The molecule has 4 nitrogen and oxygen atoms in total. The zero-order chi connectivity index (χ0) is 13.6. The Morgan fingerprint density at radius 1 is 1.06 bits per heavy atom. The number of hydrogen-bond donors (Lipinski definition) is 1. The van der Waals surface area contributed by atoms with E-state index in [2.05, 4.69) is 11.8 Å². The Labute approximate surface area is 111 Å². The van der Waals surface area contributed by atoms with E-state index in [1.807, 2.05) is 6.92 Å². The molecular weight excluding hydrogens is 230 g/mol. The van der Waals surface area contributed by atoms with E-state index < -0.39 is 5.97 Å². The summed E-state index contributed by atoms with van der Waals surface area (Å²) in [5.41, 5.74) is 0. The summed E-state index contributed by atoms with van der Waals surface area (Å²) in [7, 11) is 0. The van der Waals surface area contributed by atoms with Crippen LogP contribution in [0, 0.1) is 0 Å². The second-order valence-electron chi connectivity index (χ2n) is 4.60. The fraction of sp³-hybridized carbons (Fsp3) is 0.929. The van der Waals surface area contributed by atoms with Crippen LogP contribution in [-0.2, 0) is 9.53 Å². The lowest BCUT2D eigenvalue weighted by molar-refractivity contribution is -0.137. The van der Waals surface area contributed by atoms with Crippen LogP contribution < -0.4 is 0 Å². The van der Waals surface area contributed by atoms with Crippen LogP contribution in [0.1, 0.15) is 52.4 Å². The maximum atomic E-state index is 10.6. The van der Waals surface area contributed by atoms with E-state index in [0.29, 0.717) is 6.54 Å². The molecule has 1 N–H and O–H groups in total. The van der Waals surface area contributed by atoms with Gasteiger partial charge in [0.05, 0.1) is 6.42 Å². The minimum Gasteiger partial charge on any atom is -0.481 e. The maximum absolute atomic E-state index is 10.6. The standard InChI is InChI=1S/C14H29NO3/c1-3-5-6-7-10-15(12-9-14(16)17)11-8-13-18-4-2/h3-13H2,1-2H3,(H,16,17). The number of ether oxygens (including phenoxy) is 1. The molecule has 0 saturated carbocycles. The monoisotopic (exact) mass is 259 g/mol. The second-order valence-corrected chi connectivity index (χ2v) is 4.60. The average Bonchev–Trinajstić information content (AvgIpc) is 2.35. The molecule has 0 fully saturated rings. The third-order valence-corrected chi connectivity index (χ3v) is 2.94. The number of unbranched alkanes of at least 4 members (excludes halogenated alkanes) is 3. The fourth-order valence-corrected chi connectivity index (χ4v) is 1.89. The van der Waals surface area contributed by atoms with Gasteiger partial charge < -0.3 is 14.7 Å². The molecule has 0 aromatic rings. The zero-order valence-electron chi connectivity index (χ0n) is 12.0. The molecule has 0 saturated heterocycles. The molecule has 0 amide bonds. The van der Waals surface area contributed by atoms with Crippen molar-refractivity contribution in [3.63, 3.8) is 0 Å². The van der Waals surface area contributed by atoms with E-state index in [0.717, 1.165) is 32.7 Å². The van der Waals surface area contributed by atoms with Gasteiger partial charge in [0.1, 0.15) is 0 Å². The van der Waals surface area contributed by atoms with Crippen molar-refractivity contribution < 1.29 is 14.6 Å². The maximum Gasteiger partial charge on any atom is 0.304 e. The number of carbonyl (C=O) groups is 1. The smallest absolute Gasteiger partial charge is 0.304 e. The molecule has 0 aliphatic rings. The summed E-state index contributed by atoms with van der Waals surface area (Å²) < 4.78 is 5.31. The summed E-state index contributed by atoms with van der Waals surface area (Å²) in [6.45, 7) is 8.34. The van der Waals surface area contributed by atoms with Crippen molar-refractivity contribution in [2.24, 2.45) is 0 Å². The number of carboxylic acids is 1. The summed E-state index contributed by atoms with van der Waals surface area (Å²) in [6.07, 6.45) is 6.14. The van der Waals surface area contributed by atoms with Gasteiger partial charge in [-0.1, -0.05) is 26.2 Å². The van der Waals surface area contributed by atoms with Gasteiger partial charge in [0.2, 0.25) is 0 Å². The van der Waals surface area contributed by atoms with Crippen LogP contribution in [0.15, 0.2) is 0 Å². The molecule has 4 heteroatoms. The second kappa shape index (κ2) is 12.8. The normalized spacial score (nSPS) is 11.1. The topological polar surface area (TPSA) is 49.8 Å². The molecule has 18 heavy (non-hydrogen) atoms. The molecule has 0 heterocycles. The Morgan fingerprint density at radius 3 is 2.39 bits per heavy atom. The number of nitrogens with zero attached hydrogens (tertiary/aromatic N) is 1. The van der Waals surface area contributed by atoms with Crippen LogP contribution in [0.3, 0.4) is 0 Å². The molecule has 108 valence electrons. The molecule has 0 aliphatic heterocycles. The minimum absolute atomic E-state index is 0.239. The quantitative estimate of drug-likeness (QED) is 0.517. The molecule has 0 aromatic carbocycles. The number of hydrogen-bond acceptors (Lipinski definition) is 3. The van der Waals surface area contributed by atoms with E-state index in [1.165, 1.54) is 25.7 Å². The summed E-state index contributed by atoms with van der Waals surface area (Å²) >= 11 is 0. The predicted molar refractivity (Wildman–Crippen MR) is 73.9 cm³/mol. The highest BCUT2D eigenvalue weighted by molar-refractivity contribution is 5.66. The Kier molecular flexibility index (Phi) is 12.4. The molecular formula is C14H29NO3. The largest absolute Gasteiger partial charge is 0.481 e. The molecule has 0 bridgehead atoms. The Balaban J connectivity index is 3.73. The van der Waals surface area contributed by atoms with Crippen LogP contribution >= 0.6 is 0 Å². The molecule has 0 spiro atoms. The van der Waals surface area contributed by atoms with Crippen LogP contribution in [0.25, 0.3) is 0 Å². The first-order valence-electron chi connectivity index (χ1n) is 7.22. The van der Waals surface area contributed by atoms with Crippen molar-refractivity contribution in [1.82, 2.24) is 4.90 Å². The average molecular weight is 259 g/mol. The van der Waals surface area contributed by atoms with Crippen molar-refractivity contribution in [1.29, 1.82) is 0 Å². The van der Waals surface area contributed by atoms with E-state index >= 15 is 0 Å². The summed E-state index contributed by atoms with van der Waals surface area (Å²) in [4.78, 5) is 12.9. The van der Waals surface area contributed by atoms with Crippen molar-refractivity contribution in [2.75, 3.05) is 32.8 Å². The molecule has 0 unspecified atom stereocenters. The SMILES string of the molecule is CCCCCCN(CCCOCC)CCC(=O)O. The first-order valence-corrected chi connectivity index (χ1v) is 7.22. The van der Waals surface area contributed by atoms with Gasteiger partial charge in [-0.25, -0.2) is 0 Å². The summed E-state index contributed by atoms with van der Waals surface area (Å²) in [5.74, 6) is -0.710. The third kappa shape index (κ3) is 11.9. The Morgan fingerprint density at radius 2 is 1.78 bits per heavy atom. The molecule has 0 radical (unpaired) electrons. The minimum atomic E-state index is -0.710.